The van der Waals surface area contributed by atoms with Gasteiger partial charge in [0.1, 0.15) is 0 Å². The monoisotopic (exact) mass is 187 g/mol. The summed E-state index contributed by atoms with van der Waals surface area (Å²) in [4.78, 5) is 0. The molecule has 1 rings (SSSR count). The maximum absolute atomic E-state index is 9.02. The quantitative estimate of drug-likeness (QED) is 0.690. The highest BCUT2D eigenvalue weighted by atomic mass is 14.3. The van der Waals surface area contributed by atoms with Gasteiger partial charge >= 0.3 is 0 Å². The van der Waals surface area contributed by atoms with Crippen molar-refractivity contribution in [1.82, 2.24) is 0 Å². The summed E-state index contributed by atoms with van der Waals surface area (Å²) < 4.78 is 0. The van der Waals surface area contributed by atoms with Gasteiger partial charge in [-0.3, -0.25) is 0 Å². The van der Waals surface area contributed by atoms with E-state index >= 15 is 0 Å². The second kappa shape index (κ2) is 4.28. The van der Waals surface area contributed by atoms with Crippen LogP contribution in [0, 0.1) is 11.3 Å². The number of hydrogen-bond acceptors (Lipinski definition) is 1. The molecule has 0 unspecified atom stereocenters. The zero-order valence-corrected chi connectivity index (χ0v) is 9.33. The Kier molecular flexibility index (Phi) is 3.30. The van der Waals surface area contributed by atoms with Crippen molar-refractivity contribution in [3.8, 4) is 6.07 Å². The normalized spacial score (nSPS) is 10.6. The summed E-state index contributed by atoms with van der Waals surface area (Å²) in [5.41, 5.74) is 3.22. The van der Waals surface area contributed by atoms with Crippen LogP contribution in [-0.4, -0.2) is 0 Å². The van der Waals surface area contributed by atoms with Crippen LogP contribution in [-0.2, 0) is 0 Å². The molecule has 0 N–H and O–H groups in total. The van der Waals surface area contributed by atoms with Crippen molar-refractivity contribution in [1.29, 1.82) is 5.26 Å². The highest BCUT2D eigenvalue weighted by Crippen LogP contribution is 2.23. The number of nitrogens with zero attached hydrogens (tertiary/aromatic N) is 1. The Labute approximate surface area is 86.4 Å². The van der Waals surface area contributed by atoms with Crippen LogP contribution in [0.4, 0.5) is 0 Å². The zero-order valence-electron chi connectivity index (χ0n) is 9.33. The average Bonchev–Trinajstić information content (AvgIpc) is 2.16. The molecule has 0 saturated carbocycles. The lowest BCUT2D eigenvalue weighted by molar-refractivity contribution is 0.841. The average molecular weight is 187 g/mol. The Balaban J connectivity index is 3.20. The second-order valence-corrected chi connectivity index (χ2v) is 4.27. The van der Waals surface area contributed by atoms with Gasteiger partial charge in [0.25, 0.3) is 0 Å². The molecule has 14 heavy (non-hydrogen) atoms. The fraction of sp³-hybridized carbons (Fsp3) is 0.462. The molecule has 0 radical (unpaired) electrons. The third-order valence-corrected chi connectivity index (χ3v) is 2.49. The van der Waals surface area contributed by atoms with Crippen LogP contribution in [0.5, 0.6) is 0 Å². The van der Waals surface area contributed by atoms with E-state index in [4.69, 9.17) is 5.26 Å². The predicted octanol–water partition coefficient (Wildman–Crippen LogP) is 3.81. The Morgan fingerprint density at radius 1 is 1.07 bits per heavy atom. The van der Waals surface area contributed by atoms with Gasteiger partial charge in [0, 0.05) is 0 Å². The minimum Gasteiger partial charge on any atom is -0.192 e. The van der Waals surface area contributed by atoms with Gasteiger partial charge in [0.15, 0.2) is 0 Å². The van der Waals surface area contributed by atoms with E-state index in [-0.39, 0.29) is 0 Å². The van der Waals surface area contributed by atoms with Gasteiger partial charge in [-0.25, -0.2) is 0 Å². The molecule has 0 aromatic heterocycles. The minimum atomic E-state index is 0.422. The predicted molar refractivity (Wildman–Crippen MR) is 59.3 cm³/mol. The van der Waals surface area contributed by atoms with Crippen molar-refractivity contribution in [2.75, 3.05) is 0 Å². The van der Waals surface area contributed by atoms with E-state index in [0.29, 0.717) is 11.8 Å². The van der Waals surface area contributed by atoms with E-state index in [1.165, 1.54) is 5.56 Å². The first-order valence-corrected chi connectivity index (χ1v) is 5.10. The van der Waals surface area contributed by atoms with E-state index < -0.39 is 0 Å². The molecule has 1 aromatic carbocycles. The molecule has 0 aliphatic carbocycles. The van der Waals surface area contributed by atoms with Crippen LogP contribution < -0.4 is 0 Å². The molecular formula is C13H17N. The topological polar surface area (TPSA) is 23.8 Å². The summed E-state index contributed by atoms with van der Waals surface area (Å²) in [6.07, 6.45) is 0. The van der Waals surface area contributed by atoms with Crippen molar-refractivity contribution >= 4 is 0 Å². The SMILES string of the molecule is CC(C)c1ccc(C(C)C)c(C#N)c1. The van der Waals surface area contributed by atoms with E-state index in [2.05, 4.69) is 45.9 Å². The molecule has 1 heteroatoms. The third-order valence-electron chi connectivity index (χ3n) is 2.49. The summed E-state index contributed by atoms with van der Waals surface area (Å²) in [6.45, 7) is 8.52. The first kappa shape index (κ1) is 10.8. The van der Waals surface area contributed by atoms with Gasteiger partial charge in [-0.15, -0.1) is 0 Å². The maximum Gasteiger partial charge on any atom is 0.0994 e. The third kappa shape index (κ3) is 2.14. The summed E-state index contributed by atoms with van der Waals surface area (Å²) in [7, 11) is 0. The van der Waals surface area contributed by atoms with Crippen LogP contribution >= 0.6 is 0 Å². The summed E-state index contributed by atoms with van der Waals surface area (Å²) >= 11 is 0. The molecular weight excluding hydrogens is 170 g/mol. The van der Waals surface area contributed by atoms with Gasteiger partial charge in [-0.2, -0.15) is 5.26 Å². The number of benzene rings is 1. The molecule has 0 bridgehead atoms. The lowest BCUT2D eigenvalue weighted by Crippen LogP contribution is -1.96. The maximum atomic E-state index is 9.02. The molecule has 0 aliphatic heterocycles. The Morgan fingerprint density at radius 2 is 1.71 bits per heavy atom. The smallest absolute Gasteiger partial charge is 0.0994 e. The fourth-order valence-corrected chi connectivity index (χ4v) is 1.53. The van der Waals surface area contributed by atoms with Crippen LogP contribution in [0.2, 0.25) is 0 Å². The van der Waals surface area contributed by atoms with Gasteiger partial charge in [-0.1, -0.05) is 39.8 Å². The molecule has 74 valence electrons. The number of nitriles is 1. The molecule has 0 spiro atoms. The van der Waals surface area contributed by atoms with E-state index in [1.807, 2.05) is 6.07 Å². The fourth-order valence-electron chi connectivity index (χ4n) is 1.53. The first-order valence-electron chi connectivity index (χ1n) is 5.10. The van der Waals surface area contributed by atoms with Crippen LogP contribution in [0.3, 0.4) is 0 Å². The Morgan fingerprint density at radius 3 is 2.14 bits per heavy atom. The molecule has 1 nitrogen and oxygen atoms in total. The van der Waals surface area contributed by atoms with Crippen molar-refractivity contribution in [2.45, 2.75) is 39.5 Å². The number of hydrogen-bond donors (Lipinski definition) is 0. The van der Waals surface area contributed by atoms with Crippen molar-refractivity contribution in [3.05, 3.63) is 34.9 Å². The minimum absolute atomic E-state index is 0.422. The molecule has 0 aliphatic rings. The molecule has 0 atom stereocenters. The lowest BCUT2D eigenvalue weighted by atomic mass is 9.93. The zero-order chi connectivity index (χ0) is 10.7. The van der Waals surface area contributed by atoms with Crippen LogP contribution in [0.15, 0.2) is 18.2 Å². The Bertz CT molecular complexity index is 356. The summed E-state index contributed by atoms with van der Waals surface area (Å²) in [5.74, 6) is 0.911. The van der Waals surface area contributed by atoms with Gasteiger partial charge in [0.05, 0.1) is 11.6 Å². The van der Waals surface area contributed by atoms with Gasteiger partial charge < -0.3 is 0 Å². The molecule has 0 saturated heterocycles. The van der Waals surface area contributed by atoms with E-state index in [1.54, 1.807) is 0 Å². The first-order chi connectivity index (χ1) is 6.56. The van der Waals surface area contributed by atoms with E-state index in [0.717, 1.165) is 11.1 Å². The Hall–Kier alpha value is -1.29. The largest absolute Gasteiger partial charge is 0.192 e. The van der Waals surface area contributed by atoms with Crippen molar-refractivity contribution in [3.63, 3.8) is 0 Å². The van der Waals surface area contributed by atoms with Crippen LogP contribution in [0.1, 0.15) is 56.2 Å². The molecule has 0 heterocycles. The van der Waals surface area contributed by atoms with Gasteiger partial charge in [0.2, 0.25) is 0 Å². The summed E-state index contributed by atoms with van der Waals surface area (Å²) in [5, 5.41) is 9.02. The summed E-state index contributed by atoms with van der Waals surface area (Å²) in [6, 6.07) is 8.49. The van der Waals surface area contributed by atoms with Crippen molar-refractivity contribution < 1.29 is 0 Å². The standard InChI is InChI=1S/C13H17N/c1-9(2)11-5-6-13(10(3)4)12(7-11)8-14/h5-7,9-10H,1-4H3. The van der Waals surface area contributed by atoms with E-state index in [9.17, 15) is 0 Å². The second-order valence-electron chi connectivity index (χ2n) is 4.27. The highest BCUT2D eigenvalue weighted by molar-refractivity contribution is 5.43. The molecule has 1 aromatic rings. The highest BCUT2D eigenvalue weighted by Gasteiger charge is 2.08. The van der Waals surface area contributed by atoms with Crippen LogP contribution in [0.25, 0.3) is 0 Å². The molecule has 0 fully saturated rings. The number of rotatable bonds is 2. The molecule has 0 amide bonds. The van der Waals surface area contributed by atoms with Gasteiger partial charge in [-0.05, 0) is 29.0 Å². The lowest BCUT2D eigenvalue weighted by Gasteiger charge is -2.11. The van der Waals surface area contributed by atoms with Crippen molar-refractivity contribution in [2.24, 2.45) is 0 Å².